The van der Waals surface area contributed by atoms with Crippen LogP contribution in [0, 0.1) is 5.92 Å². The molecule has 0 unspecified atom stereocenters. The van der Waals surface area contributed by atoms with Crippen molar-refractivity contribution in [3.8, 4) is 0 Å². The van der Waals surface area contributed by atoms with Crippen LogP contribution in [0.3, 0.4) is 0 Å². The van der Waals surface area contributed by atoms with E-state index < -0.39 is 5.60 Å². The van der Waals surface area contributed by atoms with Crippen LogP contribution in [0.4, 0.5) is 0 Å². The summed E-state index contributed by atoms with van der Waals surface area (Å²) in [7, 11) is 0. The van der Waals surface area contributed by atoms with Crippen LogP contribution >= 0.6 is 0 Å². The molecule has 3 N–H and O–H groups in total. The molecule has 0 amide bonds. The Balaban J connectivity index is 1.83. The van der Waals surface area contributed by atoms with Gasteiger partial charge < -0.3 is 10.8 Å². The van der Waals surface area contributed by atoms with Crippen molar-refractivity contribution in [3.05, 3.63) is 0 Å². The average molecular weight is 226 g/mol. The van der Waals surface area contributed by atoms with Crippen LogP contribution < -0.4 is 5.73 Å². The number of aliphatic hydroxyl groups is 1. The molecule has 16 heavy (non-hydrogen) atoms. The van der Waals surface area contributed by atoms with Gasteiger partial charge in [0.25, 0.3) is 0 Å². The Bertz CT molecular complexity index is 224. The third kappa shape index (κ3) is 3.19. The Morgan fingerprint density at radius 3 is 2.62 bits per heavy atom. The molecule has 0 aromatic carbocycles. The fraction of sp³-hybridized carbons (Fsp3) is 1.00. The molecule has 0 bridgehead atoms. The molecule has 94 valence electrons. The quantitative estimate of drug-likeness (QED) is 0.747. The summed E-state index contributed by atoms with van der Waals surface area (Å²) in [4.78, 5) is 2.37. The molecule has 1 saturated heterocycles. The second-order valence-corrected chi connectivity index (χ2v) is 6.04. The van der Waals surface area contributed by atoms with E-state index in [1.54, 1.807) is 0 Å². The van der Waals surface area contributed by atoms with Crippen molar-refractivity contribution in [2.24, 2.45) is 11.7 Å². The van der Waals surface area contributed by atoms with Crippen LogP contribution in [-0.4, -0.2) is 41.3 Å². The third-order valence-electron chi connectivity index (χ3n) is 4.26. The number of hydrogen-bond donors (Lipinski definition) is 2. The van der Waals surface area contributed by atoms with Crippen molar-refractivity contribution in [1.29, 1.82) is 0 Å². The van der Waals surface area contributed by atoms with Gasteiger partial charge >= 0.3 is 0 Å². The van der Waals surface area contributed by atoms with E-state index in [1.165, 1.54) is 19.3 Å². The lowest BCUT2D eigenvalue weighted by molar-refractivity contribution is -0.0394. The summed E-state index contributed by atoms with van der Waals surface area (Å²) in [5.74, 6) is 0.795. The van der Waals surface area contributed by atoms with Gasteiger partial charge in [0.1, 0.15) is 0 Å². The van der Waals surface area contributed by atoms with E-state index in [0.29, 0.717) is 6.04 Å². The zero-order valence-corrected chi connectivity index (χ0v) is 10.5. The Kier molecular flexibility index (Phi) is 3.88. The zero-order valence-electron chi connectivity index (χ0n) is 10.5. The largest absolute Gasteiger partial charge is 0.389 e. The van der Waals surface area contributed by atoms with Crippen molar-refractivity contribution >= 4 is 0 Å². The molecule has 0 spiro atoms. The lowest BCUT2D eigenvalue weighted by Crippen LogP contribution is -2.51. The molecule has 2 fully saturated rings. The van der Waals surface area contributed by atoms with Gasteiger partial charge in [-0.05, 0) is 51.0 Å². The summed E-state index contributed by atoms with van der Waals surface area (Å²) in [6.45, 7) is 5.22. The fourth-order valence-electron chi connectivity index (χ4n) is 3.11. The molecule has 0 radical (unpaired) electrons. The van der Waals surface area contributed by atoms with Crippen LogP contribution in [-0.2, 0) is 0 Å². The molecule has 3 nitrogen and oxygen atoms in total. The first-order valence-corrected chi connectivity index (χ1v) is 6.78. The molecule has 1 aliphatic heterocycles. The molecular weight excluding hydrogens is 200 g/mol. The molecule has 3 heteroatoms. The van der Waals surface area contributed by atoms with E-state index in [0.717, 1.165) is 44.8 Å². The predicted molar refractivity (Wildman–Crippen MR) is 66.2 cm³/mol. The maximum atomic E-state index is 10.5. The Hall–Kier alpha value is -0.120. The summed E-state index contributed by atoms with van der Waals surface area (Å²) < 4.78 is 0. The number of hydrogen-bond acceptors (Lipinski definition) is 3. The molecule has 2 rings (SSSR count). The molecule has 1 heterocycles. The number of rotatable bonds is 2. The lowest BCUT2D eigenvalue weighted by Gasteiger charge is -2.41. The van der Waals surface area contributed by atoms with Gasteiger partial charge in [-0.1, -0.05) is 6.92 Å². The standard InChI is InChI=1S/C13H26N2O/c1-11-4-6-13(16,7-5-11)10-15-8-2-3-12(14)9-15/h11-12,16H,2-10,14H2,1H3/t11?,12-,13?/m0/s1. The van der Waals surface area contributed by atoms with Crippen molar-refractivity contribution < 1.29 is 5.11 Å². The van der Waals surface area contributed by atoms with Gasteiger partial charge in [-0.15, -0.1) is 0 Å². The van der Waals surface area contributed by atoms with E-state index in [2.05, 4.69) is 11.8 Å². The number of nitrogens with zero attached hydrogens (tertiary/aromatic N) is 1. The van der Waals surface area contributed by atoms with E-state index >= 15 is 0 Å². The smallest absolute Gasteiger partial charge is 0.0774 e. The van der Waals surface area contributed by atoms with Crippen LogP contribution in [0.15, 0.2) is 0 Å². The summed E-state index contributed by atoms with van der Waals surface area (Å²) in [6.07, 6.45) is 6.63. The summed E-state index contributed by atoms with van der Waals surface area (Å²) in [5.41, 5.74) is 5.55. The van der Waals surface area contributed by atoms with Crippen LogP contribution in [0.1, 0.15) is 45.4 Å². The van der Waals surface area contributed by atoms with Crippen molar-refractivity contribution in [1.82, 2.24) is 4.90 Å². The minimum atomic E-state index is -0.427. The normalized spacial score (nSPS) is 42.2. The second-order valence-electron chi connectivity index (χ2n) is 6.04. The number of likely N-dealkylation sites (tertiary alicyclic amines) is 1. The maximum Gasteiger partial charge on any atom is 0.0774 e. The Morgan fingerprint density at radius 1 is 1.31 bits per heavy atom. The monoisotopic (exact) mass is 226 g/mol. The highest BCUT2D eigenvalue weighted by molar-refractivity contribution is 4.89. The fourth-order valence-corrected chi connectivity index (χ4v) is 3.11. The number of nitrogens with two attached hydrogens (primary N) is 1. The number of β-amino-alcohol motifs (C(OH)–C–C–N with tert-alkyl or cyclic N) is 1. The molecule has 1 atom stereocenters. The minimum absolute atomic E-state index is 0.319. The van der Waals surface area contributed by atoms with Crippen molar-refractivity contribution in [2.75, 3.05) is 19.6 Å². The third-order valence-corrected chi connectivity index (χ3v) is 4.26. The SMILES string of the molecule is CC1CCC(O)(CN2CCC[C@H](N)C2)CC1. The lowest BCUT2D eigenvalue weighted by atomic mass is 9.79. The van der Waals surface area contributed by atoms with Gasteiger partial charge in [-0.3, -0.25) is 4.90 Å². The van der Waals surface area contributed by atoms with E-state index in [4.69, 9.17) is 5.73 Å². The van der Waals surface area contributed by atoms with Crippen LogP contribution in [0.2, 0.25) is 0 Å². The first kappa shape index (κ1) is 12.3. The molecule has 2 aliphatic rings. The molecular formula is C13H26N2O. The van der Waals surface area contributed by atoms with E-state index in [9.17, 15) is 5.11 Å². The van der Waals surface area contributed by atoms with Gasteiger partial charge in [0.15, 0.2) is 0 Å². The topological polar surface area (TPSA) is 49.5 Å². The minimum Gasteiger partial charge on any atom is -0.389 e. The molecule has 1 aliphatic carbocycles. The van der Waals surface area contributed by atoms with E-state index in [-0.39, 0.29) is 0 Å². The van der Waals surface area contributed by atoms with Crippen LogP contribution in [0.25, 0.3) is 0 Å². The molecule has 0 aromatic rings. The predicted octanol–water partition coefficient (Wildman–Crippen LogP) is 1.35. The summed E-state index contributed by atoms with van der Waals surface area (Å²) in [5, 5.41) is 10.5. The van der Waals surface area contributed by atoms with Gasteiger partial charge in [-0.2, -0.15) is 0 Å². The van der Waals surface area contributed by atoms with Crippen LogP contribution in [0.5, 0.6) is 0 Å². The van der Waals surface area contributed by atoms with Crippen molar-refractivity contribution in [2.45, 2.75) is 57.1 Å². The van der Waals surface area contributed by atoms with Crippen molar-refractivity contribution in [3.63, 3.8) is 0 Å². The van der Waals surface area contributed by atoms with E-state index in [1.807, 2.05) is 0 Å². The zero-order chi connectivity index (χ0) is 11.6. The summed E-state index contributed by atoms with van der Waals surface area (Å²) >= 11 is 0. The highest BCUT2D eigenvalue weighted by atomic mass is 16.3. The van der Waals surface area contributed by atoms with Gasteiger partial charge in [0.05, 0.1) is 5.60 Å². The Labute approximate surface area is 99.0 Å². The first-order chi connectivity index (χ1) is 7.57. The average Bonchev–Trinajstić information content (AvgIpc) is 2.23. The molecule has 0 aromatic heterocycles. The van der Waals surface area contributed by atoms with Gasteiger partial charge in [0, 0.05) is 19.1 Å². The highest BCUT2D eigenvalue weighted by Crippen LogP contribution is 2.32. The van der Waals surface area contributed by atoms with Gasteiger partial charge in [-0.25, -0.2) is 0 Å². The summed E-state index contributed by atoms with van der Waals surface area (Å²) in [6, 6.07) is 0.319. The molecule has 1 saturated carbocycles. The number of piperidine rings is 1. The Morgan fingerprint density at radius 2 is 2.00 bits per heavy atom. The highest BCUT2D eigenvalue weighted by Gasteiger charge is 2.34. The second kappa shape index (κ2) is 5.03. The van der Waals surface area contributed by atoms with Gasteiger partial charge in [0.2, 0.25) is 0 Å². The first-order valence-electron chi connectivity index (χ1n) is 6.78. The maximum absolute atomic E-state index is 10.5.